The lowest BCUT2D eigenvalue weighted by Crippen LogP contribution is -2.17. The summed E-state index contributed by atoms with van der Waals surface area (Å²) in [6.45, 7) is 0.801. The van der Waals surface area contributed by atoms with E-state index >= 15 is 0 Å². The highest BCUT2D eigenvalue weighted by atomic mass is 19.2. The van der Waals surface area contributed by atoms with Gasteiger partial charge >= 0.3 is 0 Å². The summed E-state index contributed by atoms with van der Waals surface area (Å²) in [5.41, 5.74) is 8.17. The van der Waals surface area contributed by atoms with Gasteiger partial charge in [0.2, 0.25) is 0 Å². The van der Waals surface area contributed by atoms with E-state index in [9.17, 15) is 13.2 Å². The summed E-state index contributed by atoms with van der Waals surface area (Å²) >= 11 is 0. The van der Waals surface area contributed by atoms with Crippen molar-refractivity contribution < 1.29 is 13.2 Å². The normalized spacial score (nSPS) is 13.7. The van der Waals surface area contributed by atoms with E-state index in [0.717, 1.165) is 17.2 Å². The van der Waals surface area contributed by atoms with Gasteiger partial charge in [0.15, 0.2) is 11.6 Å². The minimum absolute atomic E-state index is 0.0627. The molecule has 2 aromatic rings. The molecule has 1 heterocycles. The average molecular weight is 264 g/mol. The average Bonchev–Trinajstić information content (AvgIpc) is 2.76. The summed E-state index contributed by atoms with van der Waals surface area (Å²) in [5.74, 6) is -2.99. The van der Waals surface area contributed by atoms with Gasteiger partial charge in [-0.25, -0.2) is 13.2 Å². The number of nitrogens with two attached hydrogens (primary N) is 1. The molecular formula is C14H11F3N2. The zero-order valence-corrected chi connectivity index (χ0v) is 9.96. The molecule has 0 saturated heterocycles. The number of benzene rings is 2. The molecular weight excluding hydrogens is 253 g/mol. The Morgan fingerprint density at radius 3 is 2.47 bits per heavy atom. The smallest absolute Gasteiger partial charge is 0.182 e. The van der Waals surface area contributed by atoms with Crippen LogP contribution in [0, 0.1) is 17.5 Å². The minimum Gasteiger partial charge on any atom is -0.399 e. The van der Waals surface area contributed by atoms with Crippen molar-refractivity contribution in [1.82, 2.24) is 0 Å². The first kappa shape index (κ1) is 11.9. The van der Waals surface area contributed by atoms with E-state index in [1.807, 2.05) is 6.07 Å². The number of nitrogens with zero attached hydrogens (tertiary/aromatic N) is 1. The first-order chi connectivity index (χ1) is 9.04. The van der Waals surface area contributed by atoms with Crippen molar-refractivity contribution in [1.29, 1.82) is 0 Å². The Labute approximate surface area is 108 Å². The quantitative estimate of drug-likeness (QED) is 0.633. The molecule has 0 bridgehead atoms. The van der Waals surface area contributed by atoms with Crippen molar-refractivity contribution in [3.63, 3.8) is 0 Å². The zero-order valence-electron chi connectivity index (χ0n) is 9.96. The Bertz CT molecular complexity index is 655. The SMILES string of the molecule is Nc1ccc2c(c1)CN(c1cc(F)cc(F)c1F)C2. The van der Waals surface area contributed by atoms with Gasteiger partial charge in [0.25, 0.3) is 0 Å². The highest BCUT2D eigenvalue weighted by molar-refractivity contribution is 5.56. The third kappa shape index (κ3) is 2.01. The Balaban J connectivity index is 1.99. The number of fused-ring (bicyclic) bond motifs is 1. The molecule has 0 radical (unpaired) electrons. The third-order valence-corrected chi connectivity index (χ3v) is 3.27. The van der Waals surface area contributed by atoms with E-state index in [0.29, 0.717) is 24.8 Å². The van der Waals surface area contributed by atoms with Crippen LogP contribution in [-0.2, 0) is 13.1 Å². The molecule has 0 saturated carbocycles. The van der Waals surface area contributed by atoms with Crippen molar-refractivity contribution >= 4 is 11.4 Å². The van der Waals surface area contributed by atoms with Gasteiger partial charge in [-0.2, -0.15) is 0 Å². The van der Waals surface area contributed by atoms with Crippen LogP contribution < -0.4 is 10.6 Å². The second-order valence-corrected chi connectivity index (χ2v) is 4.60. The molecule has 2 aromatic carbocycles. The molecule has 2 nitrogen and oxygen atoms in total. The molecule has 1 aliphatic rings. The summed E-state index contributed by atoms with van der Waals surface area (Å²) in [7, 11) is 0. The van der Waals surface area contributed by atoms with Gasteiger partial charge in [-0.15, -0.1) is 0 Å². The molecule has 0 fully saturated rings. The van der Waals surface area contributed by atoms with Crippen LogP contribution in [0.1, 0.15) is 11.1 Å². The van der Waals surface area contributed by atoms with Crippen molar-refractivity contribution in [3.8, 4) is 0 Å². The van der Waals surface area contributed by atoms with Gasteiger partial charge in [0.1, 0.15) is 5.82 Å². The predicted octanol–water partition coefficient (Wildman–Crippen LogP) is 3.21. The molecule has 0 unspecified atom stereocenters. The molecule has 0 atom stereocenters. The molecule has 3 rings (SSSR count). The third-order valence-electron chi connectivity index (χ3n) is 3.27. The number of nitrogen functional groups attached to an aromatic ring is 1. The Morgan fingerprint density at radius 1 is 0.947 bits per heavy atom. The number of rotatable bonds is 1. The lowest BCUT2D eigenvalue weighted by Gasteiger charge is -2.18. The molecule has 0 spiro atoms. The summed E-state index contributed by atoms with van der Waals surface area (Å²) in [6, 6.07) is 6.94. The van der Waals surface area contributed by atoms with Crippen LogP contribution in [0.5, 0.6) is 0 Å². The highest BCUT2D eigenvalue weighted by Crippen LogP contribution is 2.32. The van der Waals surface area contributed by atoms with Crippen molar-refractivity contribution in [2.24, 2.45) is 0 Å². The van der Waals surface area contributed by atoms with Gasteiger partial charge < -0.3 is 10.6 Å². The predicted molar refractivity (Wildman–Crippen MR) is 67.1 cm³/mol. The van der Waals surface area contributed by atoms with Crippen LogP contribution in [0.4, 0.5) is 24.5 Å². The summed E-state index contributed by atoms with van der Waals surface area (Å²) in [6.07, 6.45) is 0. The number of anilines is 2. The number of hydrogen-bond acceptors (Lipinski definition) is 2. The van der Waals surface area contributed by atoms with Crippen LogP contribution in [0.25, 0.3) is 0 Å². The molecule has 1 aliphatic heterocycles. The van der Waals surface area contributed by atoms with Crippen LogP contribution in [-0.4, -0.2) is 0 Å². The maximum atomic E-state index is 13.7. The van der Waals surface area contributed by atoms with Crippen molar-refractivity contribution in [3.05, 3.63) is 58.9 Å². The van der Waals surface area contributed by atoms with Gasteiger partial charge in [0.05, 0.1) is 5.69 Å². The van der Waals surface area contributed by atoms with E-state index in [-0.39, 0.29) is 5.69 Å². The summed E-state index contributed by atoms with van der Waals surface area (Å²) in [5, 5.41) is 0. The Hall–Kier alpha value is -2.17. The van der Waals surface area contributed by atoms with Crippen LogP contribution in [0.2, 0.25) is 0 Å². The maximum absolute atomic E-state index is 13.7. The van der Waals surface area contributed by atoms with Crippen LogP contribution in [0.3, 0.4) is 0 Å². The van der Waals surface area contributed by atoms with Crippen molar-refractivity contribution in [2.75, 3.05) is 10.6 Å². The zero-order chi connectivity index (χ0) is 13.6. The van der Waals surface area contributed by atoms with E-state index in [4.69, 9.17) is 5.73 Å². The Kier molecular flexibility index (Phi) is 2.62. The second kappa shape index (κ2) is 4.19. The fourth-order valence-corrected chi connectivity index (χ4v) is 2.36. The Morgan fingerprint density at radius 2 is 1.68 bits per heavy atom. The van der Waals surface area contributed by atoms with E-state index in [1.165, 1.54) is 0 Å². The van der Waals surface area contributed by atoms with E-state index < -0.39 is 17.5 Å². The maximum Gasteiger partial charge on any atom is 0.182 e. The lowest BCUT2D eigenvalue weighted by molar-refractivity contribution is 0.493. The van der Waals surface area contributed by atoms with Crippen LogP contribution in [0.15, 0.2) is 30.3 Å². The fourth-order valence-electron chi connectivity index (χ4n) is 2.36. The molecule has 5 heteroatoms. The van der Waals surface area contributed by atoms with Gasteiger partial charge in [0, 0.05) is 30.9 Å². The molecule has 0 amide bonds. The standard InChI is InChI=1S/C14H11F3N2/c15-10-4-12(16)14(17)13(5-10)19-6-8-1-2-11(18)3-9(8)7-19/h1-5H,6-7,18H2. The highest BCUT2D eigenvalue weighted by Gasteiger charge is 2.23. The fraction of sp³-hybridized carbons (Fsp3) is 0.143. The molecule has 2 N–H and O–H groups in total. The van der Waals surface area contributed by atoms with Gasteiger partial charge in [-0.1, -0.05) is 6.07 Å². The topological polar surface area (TPSA) is 29.3 Å². The van der Waals surface area contributed by atoms with Crippen molar-refractivity contribution in [2.45, 2.75) is 13.1 Å². The van der Waals surface area contributed by atoms with E-state index in [2.05, 4.69) is 0 Å². The van der Waals surface area contributed by atoms with Crippen LogP contribution >= 0.6 is 0 Å². The monoisotopic (exact) mass is 264 g/mol. The molecule has 98 valence electrons. The molecule has 19 heavy (non-hydrogen) atoms. The second-order valence-electron chi connectivity index (χ2n) is 4.60. The van der Waals surface area contributed by atoms with E-state index in [1.54, 1.807) is 17.0 Å². The lowest BCUT2D eigenvalue weighted by atomic mass is 10.1. The van der Waals surface area contributed by atoms with Gasteiger partial charge in [-0.3, -0.25) is 0 Å². The summed E-state index contributed by atoms with van der Waals surface area (Å²) in [4.78, 5) is 1.59. The first-order valence-electron chi connectivity index (χ1n) is 5.81. The summed E-state index contributed by atoms with van der Waals surface area (Å²) < 4.78 is 40.2. The number of hydrogen-bond donors (Lipinski definition) is 1. The molecule has 0 aliphatic carbocycles. The minimum atomic E-state index is -1.18. The first-order valence-corrected chi connectivity index (χ1v) is 5.81. The van der Waals surface area contributed by atoms with Gasteiger partial charge in [-0.05, 0) is 23.3 Å². The largest absolute Gasteiger partial charge is 0.399 e. The number of halogens is 3. The molecule has 0 aromatic heterocycles.